The Bertz CT molecular complexity index is 385. The van der Waals surface area contributed by atoms with Gasteiger partial charge in [0.2, 0.25) is 10.0 Å². The predicted octanol–water partition coefficient (Wildman–Crippen LogP) is 1.03. The van der Waals surface area contributed by atoms with E-state index in [9.17, 15) is 8.42 Å². The van der Waals surface area contributed by atoms with Crippen LogP contribution in [0.5, 0.6) is 0 Å². The smallest absolute Gasteiger partial charge is 0.212 e. The first-order valence-electron chi connectivity index (χ1n) is 5.19. The SMILES string of the molecule is CC(NS(=O)(=O)CCCCO)c1ccco1. The van der Waals surface area contributed by atoms with E-state index in [2.05, 4.69) is 4.72 Å². The van der Waals surface area contributed by atoms with E-state index in [-0.39, 0.29) is 18.4 Å². The van der Waals surface area contributed by atoms with Gasteiger partial charge in [0.25, 0.3) is 0 Å². The number of nitrogens with one attached hydrogen (secondary N) is 1. The minimum atomic E-state index is -3.30. The van der Waals surface area contributed by atoms with E-state index < -0.39 is 10.0 Å². The summed E-state index contributed by atoms with van der Waals surface area (Å²) in [7, 11) is -3.30. The van der Waals surface area contributed by atoms with Crippen molar-refractivity contribution in [3.63, 3.8) is 0 Å². The van der Waals surface area contributed by atoms with Crippen LogP contribution in [0.25, 0.3) is 0 Å². The second-order valence-corrected chi connectivity index (χ2v) is 5.48. The van der Waals surface area contributed by atoms with Gasteiger partial charge < -0.3 is 9.52 Å². The van der Waals surface area contributed by atoms with Crippen LogP contribution >= 0.6 is 0 Å². The van der Waals surface area contributed by atoms with E-state index in [1.165, 1.54) is 6.26 Å². The molecule has 0 aliphatic heterocycles. The maximum absolute atomic E-state index is 11.6. The van der Waals surface area contributed by atoms with Crippen molar-refractivity contribution in [2.75, 3.05) is 12.4 Å². The highest BCUT2D eigenvalue weighted by Gasteiger charge is 2.16. The van der Waals surface area contributed by atoms with E-state index in [0.717, 1.165) is 0 Å². The van der Waals surface area contributed by atoms with E-state index in [4.69, 9.17) is 9.52 Å². The zero-order valence-corrected chi connectivity index (χ0v) is 10.0. The summed E-state index contributed by atoms with van der Waals surface area (Å²) in [6, 6.07) is 3.07. The van der Waals surface area contributed by atoms with Crippen LogP contribution in [0, 0.1) is 0 Å². The summed E-state index contributed by atoms with van der Waals surface area (Å²) in [5, 5.41) is 8.56. The number of sulfonamides is 1. The Labute approximate surface area is 95.5 Å². The third-order valence-electron chi connectivity index (χ3n) is 2.15. The number of unbranched alkanes of at least 4 members (excludes halogenated alkanes) is 1. The summed E-state index contributed by atoms with van der Waals surface area (Å²) in [6.07, 6.45) is 2.46. The van der Waals surface area contributed by atoms with Gasteiger partial charge in [-0.25, -0.2) is 13.1 Å². The number of aliphatic hydroxyl groups is 1. The fourth-order valence-corrected chi connectivity index (χ4v) is 2.68. The van der Waals surface area contributed by atoms with Gasteiger partial charge in [0, 0.05) is 6.61 Å². The monoisotopic (exact) mass is 247 g/mol. The van der Waals surface area contributed by atoms with Crippen LogP contribution in [0.1, 0.15) is 31.6 Å². The van der Waals surface area contributed by atoms with Crippen LogP contribution in [0.2, 0.25) is 0 Å². The van der Waals surface area contributed by atoms with Gasteiger partial charge in [-0.1, -0.05) is 0 Å². The summed E-state index contributed by atoms with van der Waals surface area (Å²) in [4.78, 5) is 0. The quantitative estimate of drug-likeness (QED) is 0.705. The van der Waals surface area contributed by atoms with Crippen molar-refractivity contribution in [1.82, 2.24) is 4.72 Å². The van der Waals surface area contributed by atoms with Gasteiger partial charge in [-0.2, -0.15) is 0 Å². The summed E-state index contributed by atoms with van der Waals surface area (Å²) < 4.78 is 30.8. The second-order valence-electron chi connectivity index (χ2n) is 3.60. The summed E-state index contributed by atoms with van der Waals surface area (Å²) in [5.74, 6) is 0.615. The molecule has 0 bridgehead atoms. The minimum absolute atomic E-state index is 0.0171. The van der Waals surface area contributed by atoms with Gasteiger partial charge in [-0.05, 0) is 31.9 Å². The number of aliphatic hydroxyl groups excluding tert-OH is 1. The average Bonchev–Trinajstić information content (AvgIpc) is 2.69. The lowest BCUT2D eigenvalue weighted by Crippen LogP contribution is -2.29. The van der Waals surface area contributed by atoms with Crippen LogP contribution in [-0.4, -0.2) is 25.9 Å². The van der Waals surface area contributed by atoms with Gasteiger partial charge >= 0.3 is 0 Å². The van der Waals surface area contributed by atoms with Crippen LogP contribution in [0.3, 0.4) is 0 Å². The second kappa shape index (κ2) is 6.03. The molecule has 0 aromatic carbocycles. The minimum Gasteiger partial charge on any atom is -0.468 e. The average molecular weight is 247 g/mol. The topological polar surface area (TPSA) is 79.5 Å². The molecule has 1 aromatic heterocycles. The molecule has 0 fully saturated rings. The molecule has 5 nitrogen and oxygen atoms in total. The Balaban J connectivity index is 2.46. The van der Waals surface area contributed by atoms with Crippen LogP contribution in [-0.2, 0) is 10.0 Å². The first-order chi connectivity index (χ1) is 7.55. The van der Waals surface area contributed by atoms with Crippen molar-refractivity contribution < 1.29 is 17.9 Å². The molecule has 92 valence electrons. The lowest BCUT2D eigenvalue weighted by Gasteiger charge is -2.11. The molecule has 16 heavy (non-hydrogen) atoms. The maximum Gasteiger partial charge on any atom is 0.212 e. The van der Waals surface area contributed by atoms with Crippen molar-refractivity contribution in [3.05, 3.63) is 24.2 Å². The molecular weight excluding hydrogens is 230 g/mol. The molecule has 1 aromatic rings. The van der Waals surface area contributed by atoms with Crippen LogP contribution in [0.15, 0.2) is 22.8 Å². The summed E-state index contributed by atoms with van der Waals surface area (Å²) >= 11 is 0. The molecule has 0 aliphatic rings. The molecule has 0 saturated heterocycles. The Morgan fingerprint density at radius 2 is 2.25 bits per heavy atom. The highest BCUT2D eigenvalue weighted by molar-refractivity contribution is 7.89. The maximum atomic E-state index is 11.6. The molecule has 1 unspecified atom stereocenters. The third-order valence-corrected chi connectivity index (χ3v) is 3.69. The molecule has 6 heteroatoms. The molecule has 0 saturated carbocycles. The van der Waals surface area contributed by atoms with Crippen molar-refractivity contribution in [2.24, 2.45) is 0 Å². The molecule has 0 amide bonds. The molecular formula is C10H17NO4S. The zero-order valence-electron chi connectivity index (χ0n) is 9.22. The Kier molecular flexibility index (Phi) is 4.98. The summed E-state index contributed by atoms with van der Waals surface area (Å²) in [5.41, 5.74) is 0. The van der Waals surface area contributed by atoms with Gasteiger partial charge in [-0.3, -0.25) is 0 Å². The number of rotatable bonds is 7. The van der Waals surface area contributed by atoms with Gasteiger partial charge in [0.05, 0.1) is 18.1 Å². The van der Waals surface area contributed by atoms with E-state index in [1.54, 1.807) is 19.1 Å². The van der Waals surface area contributed by atoms with Crippen LogP contribution in [0.4, 0.5) is 0 Å². The fraction of sp³-hybridized carbons (Fsp3) is 0.600. The Hall–Kier alpha value is -0.850. The number of hydrogen-bond acceptors (Lipinski definition) is 4. The van der Waals surface area contributed by atoms with Crippen molar-refractivity contribution in [2.45, 2.75) is 25.8 Å². The van der Waals surface area contributed by atoms with E-state index in [1.807, 2.05) is 0 Å². The zero-order chi connectivity index (χ0) is 12.0. The first kappa shape index (κ1) is 13.2. The fourth-order valence-electron chi connectivity index (χ4n) is 1.33. The third kappa shape index (κ3) is 4.34. The standard InChI is InChI=1S/C10H17NO4S/c1-9(10-5-4-7-15-10)11-16(13,14)8-3-2-6-12/h4-5,7,9,11-12H,2-3,6,8H2,1H3. The van der Waals surface area contributed by atoms with Crippen LogP contribution < -0.4 is 4.72 Å². The molecule has 0 aliphatic carbocycles. The molecule has 0 radical (unpaired) electrons. The Morgan fingerprint density at radius 3 is 2.81 bits per heavy atom. The van der Waals surface area contributed by atoms with Gasteiger partial charge in [0.1, 0.15) is 5.76 Å². The normalized spacial score (nSPS) is 13.9. The predicted molar refractivity (Wildman–Crippen MR) is 60.4 cm³/mol. The lowest BCUT2D eigenvalue weighted by atomic mass is 10.3. The highest BCUT2D eigenvalue weighted by Crippen LogP contribution is 2.13. The number of furan rings is 1. The first-order valence-corrected chi connectivity index (χ1v) is 6.84. The highest BCUT2D eigenvalue weighted by atomic mass is 32.2. The molecule has 1 rings (SSSR count). The number of hydrogen-bond donors (Lipinski definition) is 2. The van der Waals surface area contributed by atoms with Crippen molar-refractivity contribution in [3.8, 4) is 0 Å². The molecule has 0 spiro atoms. The molecule has 1 heterocycles. The largest absolute Gasteiger partial charge is 0.468 e. The molecule has 2 N–H and O–H groups in total. The molecule has 1 atom stereocenters. The van der Waals surface area contributed by atoms with Gasteiger partial charge in [0.15, 0.2) is 0 Å². The van der Waals surface area contributed by atoms with Crippen molar-refractivity contribution >= 4 is 10.0 Å². The Morgan fingerprint density at radius 1 is 1.50 bits per heavy atom. The summed E-state index contributed by atoms with van der Waals surface area (Å²) in [6.45, 7) is 1.74. The van der Waals surface area contributed by atoms with Crippen molar-refractivity contribution in [1.29, 1.82) is 0 Å². The van der Waals surface area contributed by atoms with E-state index >= 15 is 0 Å². The van der Waals surface area contributed by atoms with E-state index in [0.29, 0.717) is 18.6 Å². The van der Waals surface area contributed by atoms with Gasteiger partial charge in [-0.15, -0.1) is 0 Å². The lowest BCUT2D eigenvalue weighted by molar-refractivity contribution is 0.287.